The Balaban J connectivity index is 2.32. The summed E-state index contributed by atoms with van der Waals surface area (Å²) >= 11 is 0. The van der Waals surface area contributed by atoms with E-state index in [0.717, 1.165) is 26.1 Å². The highest BCUT2D eigenvalue weighted by molar-refractivity contribution is 5.76. The van der Waals surface area contributed by atoms with Gasteiger partial charge in [0.25, 0.3) is 0 Å². The van der Waals surface area contributed by atoms with Crippen molar-refractivity contribution in [2.24, 2.45) is 17.6 Å². The molecule has 3 atom stereocenters. The van der Waals surface area contributed by atoms with E-state index >= 15 is 0 Å². The van der Waals surface area contributed by atoms with Gasteiger partial charge in [-0.3, -0.25) is 4.79 Å². The summed E-state index contributed by atoms with van der Waals surface area (Å²) in [5.74, 6) is 0.0170. The standard InChI is InChI=1S/C10H20N2O2/c1-7(10(11)14)5-12-4-3-9(6-12)8(2)13/h7-9,13H,3-6H2,1-2H3,(H2,11,14). The molecule has 0 aromatic rings. The van der Waals surface area contributed by atoms with Crippen LogP contribution in [0.25, 0.3) is 0 Å². The smallest absolute Gasteiger partial charge is 0.221 e. The van der Waals surface area contributed by atoms with E-state index in [1.54, 1.807) is 0 Å². The largest absolute Gasteiger partial charge is 0.393 e. The maximum Gasteiger partial charge on any atom is 0.221 e. The number of amides is 1. The van der Waals surface area contributed by atoms with E-state index in [-0.39, 0.29) is 17.9 Å². The van der Waals surface area contributed by atoms with Crippen LogP contribution in [0.15, 0.2) is 0 Å². The fourth-order valence-corrected chi connectivity index (χ4v) is 1.90. The molecular formula is C10H20N2O2. The molecule has 0 spiro atoms. The molecule has 0 bridgehead atoms. The molecule has 0 aromatic carbocycles. The average Bonchev–Trinajstić information content (AvgIpc) is 2.52. The Morgan fingerprint density at radius 3 is 2.71 bits per heavy atom. The zero-order valence-electron chi connectivity index (χ0n) is 8.94. The molecule has 3 N–H and O–H groups in total. The summed E-state index contributed by atoms with van der Waals surface area (Å²) in [6.45, 7) is 6.24. The maximum absolute atomic E-state index is 10.8. The van der Waals surface area contributed by atoms with Gasteiger partial charge in [0.15, 0.2) is 0 Å². The number of carbonyl (C=O) groups excluding carboxylic acids is 1. The molecule has 1 aliphatic rings. The highest BCUT2D eigenvalue weighted by Gasteiger charge is 2.27. The van der Waals surface area contributed by atoms with E-state index in [9.17, 15) is 9.90 Å². The lowest BCUT2D eigenvalue weighted by atomic mass is 10.0. The monoisotopic (exact) mass is 200 g/mol. The summed E-state index contributed by atoms with van der Waals surface area (Å²) in [4.78, 5) is 13.0. The number of rotatable bonds is 4. The van der Waals surface area contributed by atoms with Crippen molar-refractivity contribution in [2.75, 3.05) is 19.6 Å². The van der Waals surface area contributed by atoms with Gasteiger partial charge < -0.3 is 15.7 Å². The predicted octanol–water partition coefficient (Wildman–Crippen LogP) is -0.189. The molecule has 3 unspecified atom stereocenters. The van der Waals surface area contributed by atoms with Crippen LogP contribution in [0, 0.1) is 11.8 Å². The second kappa shape index (κ2) is 4.75. The minimum absolute atomic E-state index is 0.0947. The first-order chi connectivity index (χ1) is 6.50. The quantitative estimate of drug-likeness (QED) is 0.661. The van der Waals surface area contributed by atoms with Crippen LogP contribution in [0.2, 0.25) is 0 Å². The second-order valence-electron chi connectivity index (χ2n) is 4.35. The third kappa shape index (κ3) is 2.96. The van der Waals surface area contributed by atoms with E-state index < -0.39 is 0 Å². The van der Waals surface area contributed by atoms with Crippen LogP contribution in [-0.2, 0) is 4.79 Å². The van der Waals surface area contributed by atoms with E-state index in [1.807, 2.05) is 13.8 Å². The third-order valence-electron chi connectivity index (χ3n) is 3.01. The van der Waals surface area contributed by atoms with E-state index in [0.29, 0.717) is 5.92 Å². The average molecular weight is 200 g/mol. The second-order valence-corrected chi connectivity index (χ2v) is 4.35. The molecule has 1 aliphatic heterocycles. The van der Waals surface area contributed by atoms with Gasteiger partial charge in [0.2, 0.25) is 5.91 Å². The van der Waals surface area contributed by atoms with Crippen molar-refractivity contribution in [3.05, 3.63) is 0 Å². The van der Waals surface area contributed by atoms with Gasteiger partial charge >= 0.3 is 0 Å². The van der Waals surface area contributed by atoms with Crippen LogP contribution in [0.1, 0.15) is 20.3 Å². The summed E-state index contributed by atoms with van der Waals surface area (Å²) in [6, 6.07) is 0. The molecule has 4 nitrogen and oxygen atoms in total. The van der Waals surface area contributed by atoms with Gasteiger partial charge in [-0.2, -0.15) is 0 Å². The number of carbonyl (C=O) groups is 1. The fourth-order valence-electron chi connectivity index (χ4n) is 1.90. The lowest BCUT2D eigenvalue weighted by Crippen LogP contribution is -2.34. The first kappa shape index (κ1) is 11.5. The molecule has 14 heavy (non-hydrogen) atoms. The highest BCUT2D eigenvalue weighted by Crippen LogP contribution is 2.20. The van der Waals surface area contributed by atoms with E-state index in [4.69, 9.17) is 5.73 Å². The van der Waals surface area contributed by atoms with Crippen LogP contribution < -0.4 is 5.73 Å². The number of hydrogen-bond donors (Lipinski definition) is 2. The van der Waals surface area contributed by atoms with E-state index in [1.165, 1.54) is 0 Å². The summed E-state index contributed by atoms with van der Waals surface area (Å²) in [5.41, 5.74) is 5.19. The topological polar surface area (TPSA) is 66.6 Å². The maximum atomic E-state index is 10.8. The zero-order valence-corrected chi connectivity index (χ0v) is 8.94. The van der Waals surface area contributed by atoms with Crippen molar-refractivity contribution in [3.8, 4) is 0 Å². The molecule has 82 valence electrons. The normalized spacial score (nSPS) is 27.5. The van der Waals surface area contributed by atoms with Crippen LogP contribution >= 0.6 is 0 Å². The van der Waals surface area contributed by atoms with Crippen molar-refractivity contribution in [1.82, 2.24) is 4.90 Å². The Morgan fingerprint density at radius 1 is 1.64 bits per heavy atom. The molecule has 1 rings (SSSR count). The molecule has 0 radical (unpaired) electrons. The summed E-state index contributed by atoms with van der Waals surface area (Å²) in [5, 5.41) is 9.39. The number of hydrogen-bond acceptors (Lipinski definition) is 3. The molecular weight excluding hydrogens is 180 g/mol. The SMILES string of the molecule is CC(CN1CCC(C(C)O)C1)C(N)=O. The summed E-state index contributed by atoms with van der Waals surface area (Å²) in [7, 11) is 0. The van der Waals surface area contributed by atoms with Crippen molar-refractivity contribution < 1.29 is 9.90 Å². The number of primary amides is 1. The number of nitrogens with two attached hydrogens (primary N) is 1. The molecule has 1 heterocycles. The van der Waals surface area contributed by atoms with Crippen LogP contribution in [0.5, 0.6) is 0 Å². The van der Waals surface area contributed by atoms with Crippen LogP contribution in [0.4, 0.5) is 0 Å². The molecule has 4 heteroatoms. The van der Waals surface area contributed by atoms with Crippen LogP contribution in [0.3, 0.4) is 0 Å². The molecule has 1 fully saturated rings. The number of likely N-dealkylation sites (tertiary alicyclic amines) is 1. The minimum Gasteiger partial charge on any atom is -0.393 e. The third-order valence-corrected chi connectivity index (χ3v) is 3.01. The van der Waals surface area contributed by atoms with E-state index in [2.05, 4.69) is 4.90 Å². The van der Waals surface area contributed by atoms with Gasteiger partial charge in [0.1, 0.15) is 0 Å². The van der Waals surface area contributed by atoms with Gasteiger partial charge in [0.05, 0.1) is 6.10 Å². The molecule has 1 amide bonds. The summed E-state index contributed by atoms with van der Waals surface area (Å²) < 4.78 is 0. The minimum atomic E-state index is -0.246. The van der Waals surface area contributed by atoms with Gasteiger partial charge in [-0.15, -0.1) is 0 Å². The first-order valence-corrected chi connectivity index (χ1v) is 5.20. The van der Waals surface area contributed by atoms with Gasteiger partial charge in [0, 0.05) is 19.0 Å². The van der Waals surface area contributed by atoms with Crippen molar-refractivity contribution in [1.29, 1.82) is 0 Å². The Bertz CT molecular complexity index is 206. The number of aliphatic hydroxyl groups is 1. The molecule has 0 saturated carbocycles. The Kier molecular flexibility index (Phi) is 3.89. The lowest BCUT2D eigenvalue weighted by Gasteiger charge is -2.19. The first-order valence-electron chi connectivity index (χ1n) is 5.20. The Morgan fingerprint density at radius 2 is 2.29 bits per heavy atom. The number of aliphatic hydroxyl groups excluding tert-OH is 1. The van der Waals surface area contributed by atoms with Crippen molar-refractivity contribution >= 4 is 5.91 Å². The Labute approximate surface area is 85.1 Å². The molecule has 1 saturated heterocycles. The predicted molar refractivity (Wildman–Crippen MR) is 54.6 cm³/mol. The van der Waals surface area contributed by atoms with Crippen molar-refractivity contribution in [3.63, 3.8) is 0 Å². The van der Waals surface area contributed by atoms with Gasteiger partial charge in [-0.1, -0.05) is 6.92 Å². The lowest BCUT2D eigenvalue weighted by molar-refractivity contribution is -0.121. The zero-order chi connectivity index (χ0) is 10.7. The Hall–Kier alpha value is -0.610. The highest BCUT2D eigenvalue weighted by atomic mass is 16.3. The molecule has 0 aromatic heterocycles. The fraction of sp³-hybridized carbons (Fsp3) is 0.900. The molecule has 0 aliphatic carbocycles. The van der Waals surface area contributed by atoms with Crippen molar-refractivity contribution in [2.45, 2.75) is 26.4 Å². The van der Waals surface area contributed by atoms with Gasteiger partial charge in [-0.05, 0) is 25.8 Å². The number of nitrogens with zero attached hydrogens (tertiary/aromatic N) is 1. The van der Waals surface area contributed by atoms with Gasteiger partial charge in [-0.25, -0.2) is 0 Å². The summed E-state index contributed by atoms with van der Waals surface area (Å²) in [6.07, 6.45) is 0.771. The van der Waals surface area contributed by atoms with Crippen LogP contribution in [-0.4, -0.2) is 41.7 Å².